The van der Waals surface area contributed by atoms with Gasteiger partial charge in [-0.1, -0.05) is 35.3 Å². The Labute approximate surface area is 195 Å². The van der Waals surface area contributed by atoms with E-state index < -0.39 is 0 Å². The van der Waals surface area contributed by atoms with Gasteiger partial charge in [0.1, 0.15) is 11.5 Å². The van der Waals surface area contributed by atoms with Crippen molar-refractivity contribution in [2.75, 3.05) is 13.2 Å². The fraction of sp³-hybridized carbons (Fsp3) is 0.154. The van der Waals surface area contributed by atoms with Gasteiger partial charge in [0.25, 0.3) is 0 Å². The summed E-state index contributed by atoms with van der Waals surface area (Å²) in [5, 5.41) is 4.03. The van der Waals surface area contributed by atoms with Crippen molar-refractivity contribution in [1.82, 2.24) is 0 Å². The predicted octanol–water partition coefficient (Wildman–Crippen LogP) is 7.39. The maximum absolute atomic E-state index is 11.9. The summed E-state index contributed by atoms with van der Waals surface area (Å²) in [6, 6.07) is 14.2. The van der Waals surface area contributed by atoms with Crippen molar-refractivity contribution in [2.24, 2.45) is 0 Å². The molecule has 4 aromatic rings. The third-order valence-corrected chi connectivity index (χ3v) is 5.76. The van der Waals surface area contributed by atoms with Gasteiger partial charge in [0.05, 0.1) is 13.2 Å². The van der Waals surface area contributed by atoms with Crippen LogP contribution in [-0.4, -0.2) is 25.8 Å². The molecule has 0 fully saturated rings. The van der Waals surface area contributed by atoms with Gasteiger partial charge in [-0.2, -0.15) is 0 Å². The van der Waals surface area contributed by atoms with Crippen molar-refractivity contribution in [3.63, 3.8) is 0 Å². The summed E-state index contributed by atoms with van der Waals surface area (Å²) in [5.74, 6) is 1.08. The number of carbonyl (C=O) groups is 2. The number of aldehydes is 2. The Morgan fingerprint density at radius 1 is 0.656 bits per heavy atom. The molecule has 0 aliphatic rings. The van der Waals surface area contributed by atoms with Crippen LogP contribution in [-0.2, 0) is 0 Å². The first kappa shape index (κ1) is 22.1. The first-order chi connectivity index (χ1) is 15.5. The van der Waals surface area contributed by atoms with E-state index in [0.29, 0.717) is 56.7 Å². The molecular weight excluding hydrogens is 447 g/mol. The van der Waals surface area contributed by atoms with Crippen molar-refractivity contribution in [1.29, 1.82) is 0 Å². The van der Waals surface area contributed by atoms with Crippen LogP contribution in [0.3, 0.4) is 0 Å². The summed E-state index contributed by atoms with van der Waals surface area (Å²) in [6.07, 6.45) is 1.59. The molecule has 4 nitrogen and oxygen atoms in total. The molecule has 0 aliphatic heterocycles. The summed E-state index contributed by atoms with van der Waals surface area (Å²) in [7, 11) is 0. The maximum Gasteiger partial charge on any atom is 0.150 e. The van der Waals surface area contributed by atoms with Crippen LogP contribution in [0.15, 0.2) is 48.5 Å². The van der Waals surface area contributed by atoms with E-state index in [2.05, 4.69) is 0 Å². The van der Waals surface area contributed by atoms with E-state index >= 15 is 0 Å². The highest BCUT2D eigenvalue weighted by atomic mass is 35.5. The molecule has 0 radical (unpaired) electrons. The molecule has 0 spiro atoms. The van der Waals surface area contributed by atoms with Crippen molar-refractivity contribution in [2.45, 2.75) is 13.8 Å². The number of rotatable bonds is 7. The quantitative estimate of drug-likeness (QED) is 0.266. The van der Waals surface area contributed by atoms with E-state index in [0.717, 1.165) is 34.5 Å². The third-order valence-electron chi connectivity index (χ3n) is 5.29. The lowest BCUT2D eigenvalue weighted by Crippen LogP contribution is -2.02. The SMILES string of the molecule is CCOc1cc(C=O)c2cc(Cl)ccc2c1-c1c(OCC)cc(C=O)c2cc(Cl)ccc12. The summed E-state index contributed by atoms with van der Waals surface area (Å²) >= 11 is 12.5. The highest BCUT2D eigenvalue weighted by Crippen LogP contribution is 2.47. The smallest absolute Gasteiger partial charge is 0.150 e. The summed E-state index contributed by atoms with van der Waals surface area (Å²) in [4.78, 5) is 23.7. The number of ether oxygens (including phenoxy) is 2. The van der Waals surface area contributed by atoms with Crippen LogP contribution in [0, 0.1) is 0 Å². The zero-order valence-electron chi connectivity index (χ0n) is 17.6. The first-order valence-corrected chi connectivity index (χ1v) is 11.0. The van der Waals surface area contributed by atoms with Gasteiger partial charge in [0.2, 0.25) is 0 Å². The number of benzene rings is 4. The van der Waals surface area contributed by atoms with E-state index in [4.69, 9.17) is 32.7 Å². The molecule has 0 heterocycles. The second-order valence-corrected chi connectivity index (χ2v) is 8.03. The highest BCUT2D eigenvalue weighted by molar-refractivity contribution is 6.32. The highest BCUT2D eigenvalue weighted by Gasteiger charge is 2.22. The molecule has 0 unspecified atom stereocenters. The minimum Gasteiger partial charge on any atom is -0.493 e. The molecule has 0 bridgehead atoms. The van der Waals surface area contributed by atoms with Crippen LogP contribution >= 0.6 is 23.2 Å². The van der Waals surface area contributed by atoms with Gasteiger partial charge in [-0.3, -0.25) is 9.59 Å². The van der Waals surface area contributed by atoms with E-state index in [9.17, 15) is 9.59 Å². The van der Waals surface area contributed by atoms with Gasteiger partial charge in [-0.15, -0.1) is 0 Å². The van der Waals surface area contributed by atoms with E-state index in [1.807, 2.05) is 26.0 Å². The van der Waals surface area contributed by atoms with E-state index in [-0.39, 0.29) is 0 Å². The second kappa shape index (κ2) is 9.19. The minimum absolute atomic E-state index is 0.407. The number of carbonyl (C=O) groups excluding carboxylic acids is 2. The maximum atomic E-state index is 11.9. The molecule has 0 saturated carbocycles. The third kappa shape index (κ3) is 3.81. The molecule has 0 aliphatic carbocycles. The minimum atomic E-state index is 0.407. The molecular formula is C26H20Cl2O4. The van der Waals surface area contributed by atoms with Crippen LogP contribution in [0.1, 0.15) is 34.6 Å². The molecule has 162 valence electrons. The Balaban J connectivity index is 2.24. The lowest BCUT2D eigenvalue weighted by atomic mass is 9.89. The molecule has 4 rings (SSSR count). The second-order valence-electron chi connectivity index (χ2n) is 7.16. The number of hydrogen-bond donors (Lipinski definition) is 0. The van der Waals surface area contributed by atoms with Gasteiger partial charge in [-0.25, -0.2) is 0 Å². The molecule has 0 atom stereocenters. The predicted molar refractivity (Wildman–Crippen MR) is 130 cm³/mol. The Hall–Kier alpha value is -3.08. The molecule has 0 amide bonds. The van der Waals surface area contributed by atoms with Crippen LogP contribution in [0.25, 0.3) is 32.7 Å². The fourth-order valence-electron chi connectivity index (χ4n) is 4.04. The topological polar surface area (TPSA) is 52.6 Å². The Morgan fingerprint density at radius 3 is 1.41 bits per heavy atom. The average molecular weight is 467 g/mol. The van der Waals surface area contributed by atoms with Crippen molar-refractivity contribution >= 4 is 57.3 Å². The van der Waals surface area contributed by atoms with Gasteiger partial charge in [0.15, 0.2) is 12.6 Å². The van der Waals surface area contributed by atoms with Crippen LogP contribution in [0.2, 0.25) is 10.0 Å². The first-order valence-electron chi connectivity index (χ1n) is 10.2. The fourth-order valence-corrected chi connectivity index (χ4v) is 4.39. The lowest BCUT2D eigenvalue weighted by Gasteiger charge is -2.21. The molecule has 0 saturated heterocycles. The van der Waals surface area contributed by atoms with Crippen LogP contribution in [0.4, 0.5) is 0 Å². The average Bonchev–Trinajstić information content (AvgIpc) is 2.79. The molecule has 32 heavy (non-hydrogen) atoms. The Bertz CT molecular complexity index is 1260. The summed E-state index contributed by atoms with van der Waals surface area (Å²) in [6.45, 7) is 4.58. The Morgan fingerprint density at radius 2 is 1.06 bits per heavy atom. The van der Waals surface area contributed by atoms with Crippen molar-refractivity contribution in [3.05, 3.63) is 69.7 Å². The lowest BCUT2D eigenvalue weighted by molar-refractivity contribution is 0.111. The number of halogens is 2. The zero-order valence-corrected chi connectivity index (χ0v) is 19.1. The number of fused-ring (bicyclic) bond motifs is 2. The number of hydrogen-bond acceptors (Lipinski definition) is 4. The Kier molecular flexibility index (Phi) is 6.35. The van der Waals surface area contributed by atoms with Crippen molar-refractivity contribution in [3.8, 4) is 22.6 Å². The molecule has 0 aromatic heterocycles. The van der Waals surface area contributed by atoms with Crippen molar-refractivity contribution < 1.29 is 19.1 Å². The van der Waals surface area contributed by atoms with Gasteiger partial charge in [0, 0.05) is 32.3 Å². The van der Waals surface area contributed by atoms with E-state index in [1.165, 1.54) is 0 Å². The largest absolute Gasteiger partial charge is 0.493 e. The van der Waals surface area contributed by atoms with Gasteiger partial charge >= 0.3 is 0 Å². The van der Waals surface area contributed by atoms with E-state index in [1.54, 1.807) is 36.4 Å². The van der Waals surface area contributed by atoms with Crippen LogP contribution < -0.4 is 9.47 Å². The zero-order chi connectivity index (χ0) is 22.8. The molecule has 4 aromatic carbocycles. The molecule has 0 N–H and O–H groups in total. The molecule has 6 heteroatoms. The monoisotopic (exact) mass is 466 g/mol. The standard InChI is InChI=1S/C26H20Cl2O4/c1-3-31-23-9-15(13-29)21-11-17(27)5-7-19(21)25(23)26-20-8-6-18(28)12-22(20)16(14-30)10-24(26)32-4-2/h5-14H,3-4H2,1-2H3. The van der Waals surface area contributed by atoms with Crippen LogP contribution in [0.5, 0.6) is 11.5 Å². The summed E-state index contributed by atoms with van der Waals surface area (Å²) in [5.41, 5.74) is 2.48. The van der Waals surface area contributed by atoms with Gasteiger partial charge < -0.3 is 9.47 Å². The summed E-state index contributed by atoms with van der Waals surface area (Å²) < 4.78 is 12.0. The van der Waals surface area contributed by atoms with Gasteiger partial charge in [-0.05, 0) is 71.8 Å². The normalized spacial score (nSPS) is 11.0.